The number of hydrogen-bond donors (Lipinski definition) is 0. The lowest BCUT2D eigenvalue weighted by Crippen LogP contribution is -2.30. The van der Waals surface area contributed by atoms with Crippen LogP contribution in [0.2, 0.25) is 0 Å². The normalized spacial score (nSPS) is 12.4. The molecule has 0 N–H and O–H groups in total. The van der Waals surface area contributed by atoms with Crippen LogP contribution in [-0.2, 0) is 28.6 Å². The Morgan fingerprint density at radius 1 is 0.286 bits per heavy atom. The summed E-state index contributed by atoms with van der Waals surface area (Å²) in [5.74, 6) is -0.910. The van der Waals surface area contributed by atoms with Gasteiger partial charge in [-0.1, -0.05) is 261 Å². The first-order chi connectivity index (χ1) is 34.5. The van der Waals surface area contributed by atoms with Gasteiger partial charge in [0.15, 0.2) is 6.10 Å². The second-order valence-electron chi connectivity index (χ2n) is 20.3. The largest absolute Gasteiger partial charge is 0.462 e. The predicted octanol–water partition coefficient (Wildman–Crippen LogP) is 20.4. The number of ether oxygens (including phenoxy) is 3. The van der Waals surface area contributed by atoms with Gasteiger partial charge in [0, 0.05) is 19.3 Å². The van der Waals surface area contributed by atoms with E-state index in [1.807, 2.05) is 0 Å². The molecule has 0 aliphatic heterocycles. The fourth-order valence-electron chi connectivity index (χ4n) is 8.66. The maximum atomic E-state index is 12.9. The van der Waals surface area contributed by atoms with Crippen LogP contribution in [0, 0.1) is 0 Å². The van der Waals surface area contributed by atoms with Crippen LogP contribution in [0.15, 0.2) is 60.8 Å². The molecular formula is C64H114O6. The van der Waals surface area contributed by atoms with Crippen LogP contribution in [0.5, 0.6) is 0 Å². The Kier molecular flexibility index (Phi) is 56.3. The summed E-state index contributed by atoms with van der Waals surface area (Å²) in [6.07, 6.45) is 73.5. The molecule has 0 spiro atoms. The zero-order valence-corrected chi connectivity index (χ0v) is 46.5. The van der Waals surface area contributed by atoms with Crippen molar-refractivity contribution in [1.29, 1.82) is 0 Å². The van der Waals surface area contributed by atoms with Crippen molar-refractivity contribution in [3.8, 4) is 0 Å². The molecule has 6 nitrogen and oxygen atoms in total. The fourth-order valence-corrected chi connectivity index (χ4v) is 8.66. The first kappa shape index (κ1) is 67.1. The van der Waals surface area contributed by atoms with E-state index < -0.39 is 6.10 Å². The van der Waals surface area contributed by atoms with Gasteiger partial charge in [0.05, 0.1) is 0 Å². The van der Waals surface area contributed by atoms with Gasteiger partial charge in [-0.15, -0.1) is 0 Å². The number of carbonyl (C=O) groups is 3. The van der Waals surface area contributed by atoms with Crippen molar-refractivity contribution in [2.75, 3.05) is 13.2 Å². The van der Waals surface area contributed by atoms with Crippen molar-refractivity contribution in [1.82, 2.24) is 0 Å². The van der Waals surface area contributed by atoms with E-state index in [0.29, 0.717) is 19.3 Å². The molecule has 0 aromatic heterocycles. The minimum atomic E-state index is -0.789. The molecule has 0 amide bonds. The van der Waals surface area contributed by atoms with Crippen molar-refractivity contribution in [3.63, 3.8) is 0 Å². The lowest BCUT2D eigenvalue weighted by atomic mass is 10.0. The smallest absolute Gasteiger partial charge is 0.306 e. The van der Waals surface area contributed by atoms with Crippen LogP contribution in [-0.4, -0.2) is 37.2 Å². The van der Waals surface area contributed by atoms with Gasteiger partial charge in [0.1, 0.15) is 13.2 Å². The van der Waals surface area contributed by atoms with Crippen molar-refractivity contribution in [2.24, 2.45) is 0 Å². The Hall–Kier alpha value is -2.89. The minimum absolute atomic E-state index is 0.0862. The highest BCUT2D eigenvalue weighted by atomic mass is 16.6. The average Bonchev–Trinajstić information content (AvgIpc) is 3.36. The lowest BCUT2D eigenvalue weighted by molar-refractivity contribution is -0.167. The minimum Gasteiger partial charge on any atom is -0.462 e. The Balaban J connectivity index is 4.42. The Bertz CT molecular complexity index is 1260. The van der Waals surface area contributed by atoms with E-state index in [9.17, 15) is 14.4 Å². The third-order valence-electron chi connectivity index (χ3n) is 13.2. The number of unbranched alkanes of at least 4 members (excludes halogenated alkanes) is 34. The van der Waals surface area contributed by atoms with E-state index in [0.717, 1.165) is 89.9 Å². The molecule has 0 aliphatic carbocycles. The molecule has 6 heteroatoms. The molecule has 0 radical (unpaired) electrons. The fraction of sp³-hybridized carbons (Fsp3) is 0.797. The predicted molar refractivity (Wildman–Crippen MR) is 302 cm³/mol. The number of allylic oxidation sites excluding steroid dienone is 10. The van der Waals surface area contributed by atoms with Gasteiger partial charge in [0.25, 0.3) is 0 Å². The second-order valence-corrected chi connectivity index (χ2v) is 20.3. The molecule has 0 bridgehead atoms. The maximum Gasteiger partial charge on any atom is 0.306 e. The van der Waals surface area contributed by atoms with E-state index in [1.165, 1.54) is 180 Å². The van der Waals surface area contributed by atoms with Crippen LogP contribution >= 0.6 is 0 Å². The van der Waals surface area contributed by atoms with Crippen molar-refractivity contribution in [2.45, 2.75) is 316 Å². The van der Waals surface area contributed by atoms with E-state index in [1.54, 1.807) is 0 Å². The zero-order chi connectivity index (χ0) is 50.7. The lowest BCUT2D eigenvalue weighted by Gasteiger charge is -2.18. The van der Waals surface area contributed by atoms with Gasteiger partial charge >= 0.3 is 17.9 Å². The molecule has 0 aromatic carbocycles. The standard InChI is InChI=1S/C64H114O6/c1-4-7-10-13-16-19-22-25-28-30-32-34-36-39-42-45-48-51-54-57-63(66)69-60-61(59-68-62(65)56-53-50-47-44-41-38-35-27-24-21-18-15-12-9-6-3)70-64(67)58-55-52-49-46-43-40-37-33-31-29-26-23-20-17-14-11-8-5-2/h16,19,25,27-28,32,34-35,39,42,61H,4-15,17-18,20-24,26,29-31,33,36-38,40-41,43-60H2,1-3H3/b19-16-,28-25-,34-32-,35-27-,42-39-/t61-/m1/s1. The molecular weight excluding hydrogens is 865 g/mol. The molecule has 70 heavy (non-hydrogen) atoms. The summed E-state index contributed by atoms with van der Waals surface area (Å²) in [4.78, 5) is 38.2. The van der Waals surface area contributed by atoms with Gasteiger partial charge in [0.2, 0.25) is 0 Å². The molecule has 0 saturated heterocycles. The van der Waals surface area contributed by atoms with Gasteiger partial charge in [-0.2, -0.15) is 0 Å². The highest BCUT2D eigenvalue weighted by Gasteiger charge is 2.19. The number of rotatable bonds is 55. The van der Waals surface area contributed by atoms with Gasteiger partial charge in [-0.3, -0.25) is 14.4 Å². The Morgan fingerprint density at radius 2 is 0.514 bits per heavy atom. The molecule has 0 aliphatic rings. The third kappa shape index (κ3) is 56.0. The van der Waals surface area contributed by atoms with Crippen LogP contribution < -0.4 is 0 Å². The van der Waals surface area contributed by atoms with E-state index in [-0.39, 0.29) is 31.1 Å². The van der Waals surface area contributed by atoms with Gasteiger partial charge in [-0.25, -0.2) is 0 Å². The summed E-state index contributed by atoms with van der Waals surface area (Å²) in [6.45, 7) is 6.61. The van der Waals surface area contributed by atoms with Gasteiger partial charge < -0.3 is 14.2 Å². The van der Waals surface area contributed by atoms with E-state index >= 15 is 0 Å². The van der Waals surface area contributed by atoms with Crippen LogP contribution in [0.1, 0.15) is 310 Å². The second kappa shape index (κ2) is 58.7. The first-order valence-corrected chi connectivity index (χ1v) is 30.3. The molecule has 406 valence electrons. The van der Waals surface area contributed by atoms with E-state index in [4.69, 9.17) is 14.2 Å². The molecule has 0 heterocycles. The summed E-state index contributed by atoms with van der Waals surface area (Å²) in [7, 11) is 0. The van der Waals surface area contributed by atoms with Crippen LogP contribution in [0.25, 0.3) is 0 Å². The topological polar surface area (TPSA) is 78.9 Å². The molecule has 0 aromatic rings. The summed E-state index contributed by atoms with van der Waals surface area (Å²) >= 11 is 0. The molecule has 0 saturated carbocycles. The molecule has 0 unspecified atom stereocenters. The van der Waals surface area contributed by atoms with Crippen molar-refractivity contribution < 1.29 is 28.6 Å². The monoisotopic (exact) mass is 979 g/mol. The highest BCUT2D eigenvalue weighted by molar-refractivity contribution is 5.71. The third-order valence-corrected chi connectivity index (χ3v) is 13.2. The van der Waals surface area contributed by atoms with Crippen LogP contribution in [0.3, 0.4) is 0 Å². The zero-order valence-electron chi connectivity index (χ0n) is 46.5. The molecule has 0 fully saturated rings. The number of hydrogen-bond acceptors (Lipinski definition) is 6. The number of esters is 3. The first-order valence-electron chi connectivity index (χ1n) is 30.3. The summed E-state index contributed by atoms with van der Waals surface area (Å²) in [5, 5.41) is 0. The number of carbonyl (C=O) groups excluding carboxylic acids is 3. The van der Waals surface area contributed by atoms with Crippen LogP contribution in [0.4, 0.5) is 0 Å². The Labute approximate surface area is 434 Å². The SMILES string of the molecule is CCCCC/C=C\C/C=C\C/C=C\C/C=C\CCCCCC(=O)OC[C@@H](COC(=O)CCCCCCC/C=C\CCCCCCCC)OC(=O)CCCCCCCCCCCCCCCCCCCC. The van der Waals surface area contributed by atoms with Crippen molar-refractivity contribution >= 4 is 17.9 Å². The summed E-state index contributed by atoms with van der Waals surface area (Å²) in [6, 6.07) is 0. The summed E-state index contributed by atoms with van der Waals surface area (Å²) in [5.41, 5.74) is 0. The maximum absolute atomic E-state index is 12.9. The Morgan fingerprint density at radius 3 is 0.857 bits per heavy atom. The summed E-state index contributed by atoms with van der Waals surface area (Å²) < 4.78 is 16.9. The van der Waals surface area contributed by atoms with E-state index in [2.05, 4.69) is 81.5 Å². The van der Waals surface area contributed by atoms with Gasteiger partial charge in [-0.05, 0) is 89.9 Å². The average molecular weight is 980 g/mol. The quantitative estimate of drug-likeness (QED) is 0.0261. The van der Waals surface area contributed by atoms with Crippen molar-refractivity contribution in [3.05, 3.63) is 60.8 Å². The highest BCUT2D eigenvalue weighted by Crippen LogP contribution is 2.16. The molecule has 1 atom stereocenters. The molecule has 0 rings (SSSR count).